The summed E-state index contributed by atoms with van der Waals surface area (Å²) in [5.74, 6) is 2.19. The van der Waals surface area contributed by atoms with Crippen molar-refractivity contribution >= 4 is 35.6 Å². The van der Waals surface area contributed by atoms with Crippen LogP contribution in [0.2, 0.25) is 0 Å². The van der Waals surface area contributed by atoms with E-state index in [1.807, 2.05) is 13.0 Å². The van der Waals surface area contributed by atoms with E-state index in [1.165, 1.54) is 6.07 Å². The lowest BCUT2D eigenvalue weighted by molar-refractivity contribution is -0.384. The van der Waals surface area contributed by atoms with Crippen LogP contribution in [0.5, 0.6) is 0 Å². The Morgan fingerprint density at radius 1 is 1.44 bits per heavy atom. The number of aromatic amines is 1. The lowest BCUT2D eigenvalue weighted by atomic mass is 9.96. The van der Waals surface area contributed by atoms with E-state index in [4.69, 9.17) is 0 Å². The molecular weight excluding hydrogens is 461 g/mol. The molecule has 27 heavy (non-hydrogen) atoms. The second-order valence-corrected chi connectivity index (χ2v) is 6.23. The zero-order valence-corrected chi connectivity index (χ0v) is 17.5. The molecule has 0 aliphatic carbocycles. The van der Waals surface area contributed by atoms with Gasteiger partial charge in [-0.15, -0.1) is 24.0 Å². The van der Waals surface area contributed by atoms with Crippen molar-refractivity contribution in [3.63, 3.8) is 0 Å². The first kappa shape index (κ1) is 21.1. The van der Waals surface area contributed by atoms with Crippen LogP contribution in [-0.4, -0.2) is 50.6 Å². The van der Waals surface area contributed by atoms with E-state index in [-0.39, 0.29) is 34.6 Å². The highest BCUT2D eigenvalue weighted by molar-refractivity contribution is 14.0. The Hall–Kier alpha value is -2.24. The Kier molecular flexibility index (Phi) is 7.95. The third-order valence-corrected chi connectivity index (χ3v) is 4.48. The summed E-state index contributed by atoms with van der Waals surface area (Å²) in [4.78, 5) is 21.7. The molecule has 0 saturated carbocycles. The van der Waals surface area contributed by atoms with Gasteiger partial charge in [0.25, 0.3) is 5.69 Å². The first-order valence-corrected chi connectivity index (χ1v) is 8.79. The number of nitro benzene ring substituents is 1. The number of piperidine rings is 1. The van der Waals surface area contributed by atoms with Gasteiger partial charge >= 0.3 is 0 Å². The highest BCUT2D eigenvalue weighted by Gasteiger charge is 2.24. The third-order valence-electron chi connectivity index (χ3n) is 4.48. The van der Waals surface area contributed by atoms with Crippen molar-refractivity contribution in [2.75, 3.05) is 19.6 Å². The largest absolute Gasteiger partial charge is 0.357 e. The molecule has 1 aliphatic rings. The topological polar surface area (TPSA) is 112 Å². The van der Waals surface area contributed by atoms with Gasteiger partial charge in [-0.2, -0.15) is 5.10 Å². The molecule has 9 nitrogen and oxygen atoms in total. The highest BCUT2D eigenvalue weighted by atomic mass is 127. The van der Waals surface area contributed by atoms with Gasteiger partial charge in [-0.3, -0.25) is 15.2 Å². The minimum Gasteiger partial charge on any atom is -0.357 e. The average molecular weight is 485 g/mol. The maximum atomic E-state index is 10.9. The molecule has 1 aliphatic heterocycles. The number of hydrogen-bond donors (Lipinski definition) is 2. The zero-order valence-electron chi connectivity index (χ0n) is 15.2. The van der Waals surface area contributed by atoms with Crippen molar-refractivity contribution in [2.45, 2.75) is 32.2 Å². The normalized spacial score (nSPS) is 15.3. The van der Waals surface area contributed by atoms with Gasteiger partial charge in [0, 0.05) is 37.7 Å². The van der Waals surface area contributed by atoms with Crippen LogP contribution in [0.15, 0.2) is 35.6 Å². The Morgan fingerprint density at radius 3 is 2.85 bits per heavy atom. The fourth-order valence-electron chi connectivity index (χ4n) is 3.14. The molecule has 1 aromatic heterocycles. The van der Waals surface area contributed by atoms with Crippen molar-refractivity contribution in [1.29, 1.82) is 0 Å². The summed E-state index contributed by atoms with van der Waals surface area (Å²) in [7, 11) is 0. The van der Waals surface area contributed by atoms with Gasteiger partial charge in [-0.05, 0) is 25.3 Å². The van der Waals surface area contributed by atoms with Crippen molar-refractivity contribution in [1.82, 2.24) is 25.4 Å². The van der Waals surface area contributed by atoms with Gasteiger partial charge in [0.15, 0.2) is 5.96 Å². The van der Waals surface area contributed by atoms with Gasteiger partial charge in [0.2, 0.25) is 0 Å². The number of guanidine groups is 1. The Balaban J connectivity index is 0.00000261. The number of hydrogen-bond acceptors (Lipinski definition) is 5. The smallest absolute Gasteiger partial charge is 0.269 e. The lowest BCUT2D eigenvalue weighted by Crippen LogP contribution is -2.45. The van der Waals surface area contributed by atoms with E-state index in [0.29, 0.717) is 12.5 Å². The number of likely N-dealkylation sites (tertiary alicyclic amines) is 1. The predicted octanol–water partition coefficient (Wildman–Crippen LogP) is 2.68. The Bertz CT molecular complexity index is 758. The van der Waals surface area contributed by atoms with E-state index < -0.39 is 0 Å². The number of nitrogens with zero attached hydrogens (tertiary/aromatic N) is 5. The fourth-order valence-corrected chi connectivity index (χ4v) is 3.14. The zero-order chi connectivity index (χ0) is 18.4. The molecule has 2 heterocycles. The number of aliphatic imine (C=N–C) groups is 1. The summed E-state index contributed by atoms with van der Waals surface area (Å²) in [5.41, 5.74) is 0.918. The Labute approximate surface area is 174 Å². The molecule has 3 rings (SSSR count). The molecule has 0 amide bonds. The average Bonchev–Trinajstić information content (AvgIpc) is 3.20. The van der Waals surface area contributed by atoms with Crippen LogP contribution in [-0.2, 0) is 6.54 Å². The van der Waals surface area contributed by atoms with E-state index in [0.717, 1.165) is 49.8 Å². The van der Waals surface area contributed by atoms with Gasteiger partial charge in [0.1, 0.15) is 12.2 Å². The summed E-state index contributed by atoms with van der Waals surface area (Å²) in [6, 6.07) is 6.62. The number of nitrogens with one attached hydrogen (secondary N) is 2. The number of rotatable bonds is 5. The van der Waals surface area contributed by atoms with Crippen LogP contribution in [0, 0.1) is 10.1 Å². The van der Waals surface area contributed by atoms with Crippen LogP contribution in [0.1, 0.15) is 37.1 Å². The first-order valence-electron chi connectivity index (χ1n) is 8.79. The summed E-state index contributed by atoms with van der Waals surface area (Å²) >= 11 is 0. The molecule has 0 atom stereocenters. The monoisotopic (exact) mass is 485 g/mol. The van der Waals surface area contributed by atoms with Crippen molar-refractivity contribution in [3.05, 3.63) is 52.1 Å². The predicted molar refractivity (Wildman–Crippen MR) is 113 cm³/mol. The summed E-state index contributed by atoms with van der Waals surface area (Å²) in [5, 5.41) is 21.1. The lowest BCUT2D eigenvalue weighted by Gasteiger charge is -2.33. The quantitative estimate of drug-likeness (QED) is 0.222. The number of non-ortho nitro benzene ring substituents is 1. The van der Waals surface area contributed by atoms with E-state index >= 15 is 0 Å². The van der Waals surface area contributed by atoms with E-state index in [2.05, 4.69) is 30.4 Å². The molecule has 1 saturated heterocycles. The molecule has 1 aromatic carbocycles. The van der Waals surface area contributed by atoms with Crippen molar-refractivity contribution in [2.24, 2.45) is 4.99 Å². The Morgan fingerprint density at radius 2 is 2.22 bits per heavy atom. The van der Waals surface area contributed by atoms with Crippen molar-refractivity contribution in [3.8, 4) is 0 Å². The van der Waals surface area contributed by atoms with Crippen LogP contribution >= 0.6 is 24.0 Å². The summed E-state index contributed by atoms with van der Waals surface area (Å²) < 4.78 is 0. The van der Waals surface area contributed by atoms with Gasteiger partial charge in [-0.1, -0.05) is 12.1 Å². The molecule has 10 heteroatoms. The first-order chi connectivity index (χ1) is 12.7. The van der Waals surface area contributed by atoms with Crippen molar-refractivity contribution < 1.29 is 4.92 Å². The molecule has 0 unspecified atom stereocenters. The number of H-pyrrole nitrogens is 1. The maximum Gasteiger partial charge on any atom is 0.269 e. The molecule has 0 bridgehead atoms. The standard InChI is InChI=1S/C17H23N7O2.HI/c1-2-18-17(19-11-13-4-3-5-15(10-13)24(25)26)23-8-6-14(7-9-23)16-20-12-21-22-16;/h3-5,10,12,14H,2,6-9,11H2,1H3,(H,18,19)(H,20,21,22);1H. The molecule has 1 fully saturated rings. The summed E-state index contributed by atoms with van der Waals surface area (Å²) in [6.45, 7) is 4.98. The molecule has 146 valence electrons. The molecular formula is C17H24IN7O2. The van der Waals surface area contributed by atoms with E-state index in [1.54, 1.807) is 18.5 Å². The third kappa shape index (κ3) is 5.62. The van der Waals surface area contributed by atoms with E-state index in [9.17, 15) is 10.1 Å². The SMILES string of the molecule is CCNC(=NCc1cccc([N+](=O)[O-])c1)N1CCC(c2ncn[nH]2)CC1.I. The maximum absolute atomic E-state index is 10.9. The minimum absolute atomic E-state index is 0. The minimum atomic E-state index is -0.382. The number of nitro groups is 1. The molecule has 0 spiro atoms. The second-order valence-electron chi connectivity index (χ2n) is 6.23. The van der Waals surface area contributed by atoms with Gasteiger partial charge in [-0.25, -0.2) is 9.98 Å². The van der Waals surface area contributed by atoms with Crippen LogP contribution < -0.4 is 5.32 Å². The number of aromatic nitrogens is 3. The molecule has 0 radical (unpaired) electrons. The highest BCUT2D eigenvalue weighted by Crippen LogP contribution is 2.25. The number of benzene rings is 1. The second kappa shape index (κ2) is 10.2. The van der Waals surface area contributed by atoms with Crippen LogP contribution in [0.4, 0.5) is 5.69 Å². The van der Waals surface area contributed by atoms with Crippen LogP contribution in [0.3, 0.4) is 0 Å². The fraction of sp³-hybridized carbons (Fsp3) is 0.471. The van der Waals surface area contributed by atoms with Gasteiger partial charge in [0.05, 0.1) is 11.5 Å². The molecule has 2 aromatic rings. The van der Waals surface area contributed by atoms with Gasteiger partial charge < -0.3 is 10.2 Å². The molecule has 2 N–H and O–H groups in total. The van der Waals surface area contributed by atoms with Crippen LogP contribution in [0.25, 0.3) is 0 Å². The number of halogens is 1. The summed E-state index contributed by atoms with van der Waals surface area (Å²) in [6.07, 6.45) is 3.51.